The fourth-order valence-corrected chi connectivity index (χ4v) is 3.43. The summed E-state index contributed by atoms with van der Waals surface area (Å²) in [6, 6.07) is 6.35. The van der Waals surface area contributed by atoms with Gasteiger partial charge in [0.15, 0.2) is 0 Å². The number of thiophene rings is 1. The summed E-state index contributed by atoms with van der Waals surface area (Å²) in [5.74, 6) is 0. The first-order valence-electron chi connectivity index (χ1n) is 7.08. The number of hydrogen-bond acceptors (Lipinski definition) is 5. The number of nitrogens with zero attached hydrogens (tertiary/aromatic N) is 3. The topological polar surface area (TPSA) is 62.9 Å². The number of rotatable bonds is 4. The number of nitrogens with one attached hydrogen (secondary N) is 1. The Labute approximate surface area is 128 Å². The van der Waals surface area contributed by atoms with Gasteiger partial charge in [-0.05, 0) is 25.0 Å². The van der Waals surface area contributed by atoms with E-state index in [1.54, 1.807) is 11.3 Å². The molecule has 1 aliphatic heterocycles. The molecule has 1 aliphatic rings. The normalized spacial score (nSPS) is 22.1. The Morgan fingerprint density at radius 3 is 3.19 bits per heavy atom. The average molecular weight is 302 g/mol. The molecule has 6 heteroatoms. The standard InChI is InChI=1S/C15H18N4OS/c1-19-10-11(8-18-19)15-14(3-2-6-20-15)17-9-13-5-4-12(7-16)21-13/h4-5,8,10,14-15,17H,2-3,6,9H2,1H3/t14-,15+/m0/s1. The average Bonchev–Trinajstić information content (AvgIpc) is 3.14. The summed E-state index contributed by atoms with van der Waals surface area (Å²) < 4.78 is 7.75. The molecule has 0 aliphatic carbocycles. The molecule has 0 unspecified atom stereocenters. The smallest absolute Gasteiger partial charge is 0.110 e. The van der Waals surface area contributed by atoms with Crippen LogP contribution in [0.25, 0.3) is 0 Å². The van der Waals surface area contributed by atoms with E-state index in [2.05, 4.69) is 16.5 Å². The van der Waals surface area contributed by atoms with Gasteiger partial charge in [-0.1, -0.05) is 0 Å². The Balaban J connectivity index is 1.65. The van der Waals surface area contributed by atoms with Crippen molar-refractivity contribution >= 4 is 11.3 Å². The van der Waals surface area contributed by atoms with Crippen LogP contribution >= 0.6 is 11.3 Å². The van der Waals surface area contributed by atoms with Crippen molar-refractivity contribution in [3.63, 3.8) is 0 Å². The van der Waals surface area contributed by atoms with E-state index >= 15 is 0 Å². The molecule has 0 spiro atoms. The van der Waals surface area contributed by atoms with Gasteiger partial charge in [-0.2, -0.15) is 10.4 Å². The third-order valence-corrected chi connectivity index (χ3v) is 4.68. The predicted octanol–water partition coefficient (Wildman–Crippen LogP) is 2.36. The molecule has 0 saturated carbocycles. The van der Waals surface area contributed by atoms with Crippen LogP contribution in [-0.4, -0.2) is 22.4 Å². The second-order valence-electron chi connectivity index (χ2n) is 5.25. The van der Waals surface area contributed by atoms with E-state index in [0.29, 0.717) is 0 Å². The highest BCUT2D eigenvalue weighted by atomic mass is 32.1. The van der Waals surface area contributed by atoms with Crippen LogP contribution < -0.4 is 5.32 Å². The van der Waals surface area contributed by atoms with Crippen LogP contribution in [0.3, 0.4) is 0 Å². The van der Waals surface area contributed by atoms with E-state index in [-0.39, 0.29) is 12.1 Å². The molecule has 3 rings (SSSR count). The summed E-state index contributed by atoms with van der Waals surface area (Å²) in [5, 5.41) is 16.7. The van der Waals surface area contributed by atoms with Crippen molar-refractivity contribution in [2.24, 2.45) is 7.05 Å². The zero-order valence-corrected chi connectivity index (χ0v) is 12.8. The predicted molar refractivity (Wildman–Crippen MR) is 80.8 cm³/mol. The molecule has 0 aromatic carbocycles. The fraction of sp³-hybridized carbons (Fsp3) is 0.467. The maximum Gasteiger partial charge on any atom is 0.110 e. The maximum absolute atomic E-state index is 8.87. The van der Waals surface area contributed by atoms with E-state index < -0.39 is 0 Å². The van der Waals surface area contributed by atoms with Crippen LogP contribution in [-0.2, 0) is 18.3 Å². The molecule has 2 atom stereocenters. The summed E-state index contributed by atoms with van der Waals surface area (Å²) >= 11 is 1.54. The molecule has 21 heavy (non-hydrogen) atoms. The van der Waals surface area contributed by atoms with Crippen LogP contribution in [0.2, 0.25) is 0 Å². The van der Waals surface area contributed by atoms with Gasteiger partial charge < -0.3 is 10.1 Å². The molecule has 3 heterocycles. The summed E-state index contributed by atoms with van der Waals surface area (Å²) in [6.45, 7) is 1.58. The second kappa shape index (κ2) is 6.39. The minimum Gasteiger partial charge on any atom is -0.372 e. The highest BCUT2D eigenvalue weighted by Gasteiger charge is 2.28. The Kier molecular flexibility index (Phi) is 4.34. The number of hydrogen-bond donors (Lipinski definition) is 1. The van der Waals surface area contributed by atoms with Gasteiger partial charge in [-0.3, -0.25) is 4.68 Å². The van der Waals surface area contributed by atoms with Crippen LogP contribution in [0.5, 0.6) is 0 Å². The van der Waals surface area contributed by atoms with E-state index in [4.69, 9.17) is 10.00 Å². The van der Waals surface area contributed by atoms with Crippen molar-refractivity contribution in [1.29, 1.82) is 5.26 Å². The molecule has 0 radical (unpaired) electrons. The third kappa shape index (κ3) is 3.32. The van der Waals surface area contributed by atoms with Crippen molar-refractivity contribution < 1.29 is 4.74 Å². The molecule has 2 aromatic heterocycles. The van der Waals surface area contributed by atoms with E-state index in [1.807, 2.05) is 36.3 Å². The number of aryl methyl sites for hydroxylation is 1. The number of ether oxygens (including phenoxy) is 1. The zero-order valence-electron chi connectivity index (χ0n) is 12.0. The molecule has 110 valence electrons. The Bertz CT molecular complexity index is 642. The van der Waals surface area contributed by atoms with Crippen molar-refractivity contribution in [1.82, 2.24) is 15.1 Å². The van der Waals surface area contributed by atoms with Crippen LogP contribution in [0, 0.1) is 11.3 Å². The SMILES string of the molecule is Cn1cc([C@H]2OCCC[C@@H]2NCc2ccc(C#N)s2)cn1. The highest BCUT2D eigenvalue weighted by molar-refractivity contribution is 7.12. The van der Waals surface area contributed by atoms with Gasteiger partial charge in [0.1, 0.15) is 17.1 Å². The van der Waals surface area contributed by atoms with Gasteiger partial charge >= 0.3 is 0 Å². The van der Waals surface area contributed by atoms with E-state index in [1.165, 1.54) is 4.88 Å². The van der Waals surface area contributed by atoms with Crippen LogP contribution in [0.1, 0.15) is 34.3 Å². The van der Waals surface area contributed by atoms with Crippen molar-refractivity contribution in [3.8, 4) is 6.07 Å². The first-order chi connectivity index (χ1) is 10.3. The van der Waals surface area contributed by atoms with Gasteiger partial charge in [0.2, 0.25) is 0 Å². The highest BCUT2D eigenvalue weighted by Crippen LogP contribution is 2.28. The monoisotopic (exact) mass is 302 g/mol. The first kappa shape index (κ1) is 14.3. The van der Waals surface area contributed by atoms with Crippen molar-refractivity contribution in [2.75, 3.05) is 6.61 Å². The fourth-order valence-electron chi connectivity index (χ4n) is 2.67. The molecular formula is C15H18N4OS. The maximum atomic E-state index is 8.87. The summed E-state index contributed by atoms with van der Waals surface area (Å²) in [4.78, 5) is 1.94. The van der Waals surface area contributed by atoms with E-state index in [0.717, 1.165) is 36.4 Å². The third-order valence-electron chi connectivity index (χ3n) is 3.69. The lowest BCUT2D eigenvalue weighted by atomic mass is 9.98. The van der Waals surface area contributed by atoms with Crippen molar-refractivity contribution in [3.05, 3.63) is 39.8 Å². The summed E-state index contributed by atoms with van der Waals surface area (Å²) in [6.07, 6.45) is 6.12. The van der Waals surface area contributed by atoms with E-state index in [9.17, 15) is 0 Å². The lowest BCUT2D eigenvalue weighted by Gasteiger charge is -2.31. The van der Waals surface area contributed by atoms with Gasteiger partial charge in [0, 0.05) is 42.9 Å². The van der Waals surface area contributed by atoms with Gasteiger partial charge in [0.05, 0.1) is 6.20 Å². The minimum absolute atomic E-state index is 0.0582. The molecule has 0 bridgehead atoms. The minimum atomic E-state index is 0.0582. The molecular weight excluding hydrogens is 284 g/mol. The lowest BCUT2D eigenvalue weighted by Crippen LogP contribution is -2.38. The Morgan fingerprint density at radius 2 is 2.48 bits per heavy atom. The molecule has 1 fully saturated rings. The van der Waals surface area contributed by atoms with Gasteiger partial charge in [0.25, 0.3) is 0 Å². The Hall–Kier alpha value is -1.68. The molecule has 0 amide bonds. The number of aromatic nitrogens is 2. The zero-order chi connectivity index (χ0) is 14.7. The van der Waals surface area contributed by atoms with Crippen LogP contribution in [0.15, 0.2) is 24.5 Å². The largest absolute Gasteiger partial charge is 0.372 e. The van der Waals surface area contributed by atoms with Crippen LogP contribution in [0.4, 0.5) is 0 Å². The quantitative estimate of drug-likeness (QED) is 0.942. The Morgan fingerprint density at radius 1 is 1.57 bits per heavy atom. The molecule has 1 saturated heterocycles. The van der Waals surface area contributed by atoms with Crippen molar-refractivity contribution in [2.45, 2.75) is 31.5 Å². The molecule has 5 nitrogen and oxygen atoms in total. The van der Waals surface area contributed by atoms with Gasteiger partial charge in [-0.25, -0.2) is 0 Å². The summed E-state index contributed by atoms with van der Waals surface area (Å²) in [7, 11) is 1.92. The summed E-state index contributed by atoms with van der Waals surface area (Å²) in [5.41, 5.74) is 1.12. The first-order valence-corrected chi connectivity index (χ1v) is 7.90. The number of nitriles is 1. The lowest BCUT2D eigenvalue weighted by molar-refractivity contribution is -0.0111. The second-order valence-corrected chi connectivity index (χ2v) is 6.41. The molecule has 1 N–H and O–H groups in total. The van der Waals surface area contributed by atoms with Gasteiger partial charge in [-0.15, -0.1) is 11.3 Å². The molecule has 2 aromatic rings.